The number of carboxylic acid groups (broad SMARTS) is 1. The number of rotatable bonds is 6. The predicted molar refractivity (Wildman–Crippen MR) is 70.6 cm³/mol. The zero-order valence-corrected chi connectivity index (χ0v) is 11.1. The van der Waals surface area contributed by atoms with Crippen molar-refractivity contribution in [2.24, 2.45) is 5.73 Å². The van der Waals surface area contributed by atoms with Crippen LogP contribution in [-0.2, 0) is 9.59 Å². The first-order valence-corrected chi connectivity index (χ1v) is 5.76. The summed E-state index contributed by atoms with van der Waals surface area (Å²) in [5, 5.41) is 19.5. The van der Waals surface area contributed by atoms with E-state index in [0.29, 0.717) is 5.56 Å². The lowest BCUT2D eigenvalue weighted by molar-refractivity contribution is -0.384. The van der Waals surface area contributed by atoms with Gasteiger partial charge in [0.25, 0.3) is 11.6 Å². The second-order valence-electron chi connectivity index (χ2n) is 4.28. The molecule has 0 spiro atoms. The number of benzene rings is 1. The SMILES string of the molecule is Cc1ccc([N+](=O)[O-])cc1C(=O)N(CC(N)=O)CC(=O)O. The minimum atomic E-state index is -1.33. The summed E-state index contributed by atoms with van der Waals surface area (Å²) in [5.41, 5.74) is 5.03. The van der Waals surface area contributed by atoms with Crippen molar-refractivity contribution in [2.75, 3.05) is 13.1 Å². The molecule has 0 aliphatic heterocycles. The van der Waals surface area contributed by atoms with Gasteiger partial charge in [-0.2, -0.15) is 0 Å². The Morgan fingerprint density at radius 3 is 2.43 bits per heavy atom. The number of aryl methyl sites for hydroxylation is 1. The molecule has 112 valence electrons. The van der Waals surface area contributed by atoms with Gasteiger partial charge in [-0.15, -0.1) is 0 Å². The molecule has 9 heteroatoms. The topological polar surface area (TPSA) is 144 Å². The lowest BCUT2D eigenvalue weighted by atomic mass is 10.1. The van der Waals surface area contributed by atoms with Crippen molar-refractivity contribution in [3.63, 3.8) is 0 Å². The van der Waals surface area contributed by atoms with Gasteiger partial charge in [-0.25, -0.2) is 0 Å². The average molecular weight is 295 g/mol. The maximum atomic E-state index is 12.2. The van der Waals surface area contributed by atoms with Gasteiger partial charge in [-0.3, -0.25) is 24.5 Å². The van der Waals surface area contributed by atoms with Gasteiger partial charge < -0.3 is 15.7 Å². The second-order valence-corrected chi connectivity index (χ2v) is 4.28. The Morgan fingerprint density at radius 1 is 1.33 bits per heavy atom. The molecule has 0 saturated heterocycles. The van der Waals surface area contributed by atoms with Crippen molar-refractivity contribution in [3.05, 3.63) is 39.4 Å². The largest absolute Gasteiger partial charge is 0.480 e. The third kappa shape index (κ3) is 4.27. The van der Waals surface area contributed by atoms with Gasteiger partial charge in [0.1, 0.15) is 13.1 Å². The third-order valence-electron chi connectivity index (χ3n) is 2.62. The summed E-state index contributed by atoms with van der Waals surface area (Å²) in [6, 6.07) is 3.63. The van der Waals surface area contributed by atoms with Crippen molar-refractivity contribution in [1.29, 1.82) is 0 Å². The van der Waals surface area contributed by atoms with Crippen LogP contribution in [-0.4, -0.2) is 45.8 Å². The van der Waals surface area contributed by atoms with E-state index in [2.05, 4.69) is 0 Å². The van der Waals surface area contributed by atoms with Crippen LogP contribution in [0.15, 0.2) is 18.2 Å². The molecule has 0 fully saturated rings. The van der Waals surface area contributed by atoms with E-state index in [1.807, 2.05) is 0 Å². The van der Waals surface area contributed by atoms with E-state index >= 15 is 0 Å². The number of carbonyl (C=O) groups is 3. The van der Waals surface area contributed by atoms with Crippen LogP contribution in [0, 0.1) is 17.0 Å². The Hall–Kier alpha value is -2.97. The first kappa shape index (κ1) is 16.1. The van der Waals surface area contributed by atoms with Gasteiger partial charge in [0.2, 0.25) is 5.91 Å². The number of hydrogen-bond acceptors (Lipinski definition) is 5. The summed E-state index contributed by atoms with van der Waals surface area (Å²) in [4.78, 5) is 44.7. The van der Waals surface area contributed by atoms with E-state index in [1.54, 1.807) is 6.92 Å². The molecular formula is C12H13N3O6. The van der Waals surface area contributed by atoms with Gasteiger partial charge in [-0.05, 0) is 12.5 Å². The molecule has 0 saturated carbocycles. The smallest absolute Gasteiger partial charge is 0.323 e. The van der Waals surface area contributed by atoms with E-state index in [-0.39, 0.29) is 11.3 Å². The molecule has 0 aromatic heterocycles. The first-order valence-electron chi connectivity index (χ1n) is 5.76. The fraction of sp³-hybridized carbons (Fsp3) is 0.250. The Morgan fingerprint density at radius 2 is 1.95 bits per heavy atom. The monoisotopic (exact) mass is 295 g/mol. The molecule has 0 atom stereocenters. The van der Waals surface area contributed by atoms with Crippen LogP contribution in [0.2, 0.25) is 0 Å². The Labute approximate surface area is 119 Å². The van der Waals surface area contributed by atoms with Crippen molar-refractivity contribution >= 4 is 23.5 Å². The molecule has 9 nitrogen and oxygen atoms in total. The standard InChI is InChI=1S/C12H13N3O6/c1-7-2-3-8(15(20)21)4-9(7)12(19)14(5-10(13)16)6-11(17)18/h2-4H,5-6H2,1H3,(H2,13,16)(H,17,18). The summed E-state index contributed by atoms with van der Waals surface area (Å²) in [7, 11) is 0. The van der Waals surface area contributed by atoms with Crippen LogP contribution in [0.5, 0.6) is 0 Å². The van der Waals surface area contributed by atoms with E-state index in [1.165, 1.54) is 12.1 Å². The summed E-state index contributed by atoms with van der Waals surface area (Å²) < 4.78 is 0. The number of non-ortho nitro benzene ring substituents is 1. The molecule has 1 aromatic carbocycles. The van der Waals surface area contributed by atoms with Crippen LogP contribution < -0.4 is 5.73 Å². The van der Waals surface area contributed by atoms with Crippen molar-refractivity contribution < 1.29 is 24.4 Å². The Kier molecular flexibility index (Phi) is 4.95. The van der Waals surface area contributed by atoms with Crippen molar-refractivity contribution in [1.82, 2.24) is 4.90 Å². The van der Waals surface area contributed by atoms with Crippen LogP contribution in [0.4, 0.5) is 5.69 Å². The second kappa shape index (κ2) is 6.46. The highest BCUT2D eigenvalue weighted by Gasteiger charge is 2.23. The number of nitrogens with zero attached hydrogens (tertiary/aromatic N) is 2. The molecule has 1 rings (SSSR count). The maximum Gasteiger partial charge on any atom is 0.323 e. The van der Waals surface area contributed by atoms with Gasteiger partial charge in [0.15, 0.2) is 0 Å². The number of hydrogen-bond donors (Lipinski definition) is 2. The zero-order chi connectivity index (χ0) is 16.2. The van der Waals surface area contributed by atoms with E-state index < -0.39 is 35.8 Å². The summed E-state index contributed by atoms with van der Waals surface area (Å²) in [6.07, 6.45) is 0. The highest BCUT2D eigenvalue weighted by atomic mass is 16.6. The number of carboxylic acids is 1. The molecule has 3 N–H and O–H groups in total. The predicted octanol–water partition coefficient (Wildman–Crippen LogP) is -0.0847. The number of aliphatic carboxylic acids is 1. The van der Waals surface area contributed by atoms with Crippen LogP contribution in [0.3, 0.4) is 0 Å². The number of carbonyl (C=O) groups excluding carboxylic acids is 2. The zero-order valence-electron chi connectivity index (χ0n) is 11.1. The fourth-order valence-corrected chi connectivity index (χ4v) is 1.68. The molecule has 0 radical (unpaired) electrons. The fourth-order valence-electron chi connectivity index (χ4n) is 1.68. The molecule has 0 aliphatic rings. The molecular weight excluding hydrogens is 282 g/mol. The van der Waals surface area contributed by atoms with Gasteiger partial charge in [0, 0.05) is 17.7 Å². The van der Waals surface area contributed by atoms with E-state index in [0.717, 1.165) is 11.0 Å². The normalized spacial score (nSPS) is 9.95. The van der Waals surface area contributed by atoms with Crippen LogP contribution in [0.25, 0.3) is 0 Å². The highest BCUT2D eigenvalue weighted by molar-refractivity contribution is 5.99. The molecule has 21 heavy (non-hydrogen) atoms. The lowest BCUT2D eigenvalue weighted by Crippen LogP contribution is -2.41. The minimum Gasteiger partial charge on any atom is -0.480 e. The Balaban J connectivity index is 3.18. The lowest BCUT2D eigenvalue weighted by Gasteiger charge is -2.19. The van der Waals surface area contributed by atoms with Gasteiger partial charge in [-0.1, -0.05) is 6.07 Å². The molecule has 2 amide bonds. The third-order valence-corrected chi connectivity index (χ3v) is 2.62. The molecule has 1 aromatic rings. The summed E-state index contributed by atoms with van der Waals surface area (Å²) >= 11 is 0. The van der Waals surface area contributed by atoms with Crippen molar-refractivity contribution in [2.45, 2.75) is 6.92 Å². The number of nitrogens with two attached hydrogens (primary N) is 1. The summed E-state index contributed by atoms with van der Waals surface area (Å²) in [5.74, 6) is -3.02. The molecule has 0 bridgehead atoms. The van der Waals surface area contributed by atoms with Crippen LogP contribution >= 0.6 is 0 Å². The average Bonchev–Trinajstić information content (AvgIpc) is 2.36. The maximum absolute atomic E-state index is 12.2. The summed E-state index contributed by atoms with van der Waals surface area (Å²) in [6.45, 7) is 0.220. The highest BCUT2D eigenvalue weighted by Crippen LogP contribution is 2.19. The van der Waals surface area contributed by atoms with Gasteiger partial charge in [0.05, 0.1) is 4.92 Å². The minimum absolute atomic E-state index is 0.0494. The molecule has 0 aliphatic carbocycles. The van der Waals surface area contributed by atoms with E-state index in [9.17, 15) is 24.5 Å². The van der Waals surface area contributed by atoms with Crippen LogP contribution in [0.1, 0.15) is 15.9 Å². The van der Waals surface area contributed by atoms with Gasteiger partial charge >= 0.3 is 5.97 Å². The first-order chi connectivity index (χ1) is 9.72. The quantitative estimate of drug-likeness (QED) is 0.554. The number of nitro groups is 1. The Bertz CT molecular complexity index is 597. The number of nitro benzene ring substituents is 1. The number of amides is 2. The number of primary amides is 1. The van der Waals surface area contributed by atoms with E-state index in [4.69, 9.17) is 10.8 Å². The molecule has 0 unspecified atom stereocenters. The van der Waals surface area contributed by atoms with Crippen molar-refractivity contribution in [3.8, 4) is 0 Å². The molecule has 0 heterocycles.